The first-order chi connectivity index (χ1) is 10.2. The SMILES string of the molecule is CC(C)(C)OC(=O)[C@@](C)(ON)C1CCc2cc(Br)ccc2O1. The first-order valence-electron chi connectivity index (χ1n) is 7.22. The molecule has 6 heteroatoms. The van der Waals surface area contributed by atoms with E-state index in [0.29, 0.717) is 6.42 Å². The van der Waals surface area contributed by atoms with Gasteiger partial charge in [0.2, 0.25) is 5.60 Å². The number of esters is 1. The average Bonchev–Trinajstić information content (AvgIpc) is 2.43. The van der Waals surface area contributed by atoms with Gasteiger partial charge in [0.25, 0.3) is 0 Å². The summed E-state index contributed by atoms with van der Waals surface area (Å²) in [5.74, 6) is 5.64. The average molecular weight is 372 g/mol. The van der Waals surface area contributed by atoms with Crippen molar-refractivity contribution in [1.29, 1.82) is 0 Å². The minimum absolute atomic E-state index is 0.499. The van der Waals surface area contributed by atoms with E-state index < -0.39 is 23.3 Å². The van der Waals surface area contributed by atoms with Crippen LogP contribution in [-0.4, -0.2) is 23.3 Å². The third-order valence-corrected chi connectivity index (χ3v) is 4.12. The van der Waals surface area contributed by atoms with Gasteiger partial charge in [0.1, 0.15) is 17.5 Å². The fourth-order valence-corrected chi connectivity index (χ4v) is 2.79. The molecule has 0 saturated carbocycles. The molecule has 0 fully saturated rings. The smallest absolute Gasteiger partial charge is 0.344 e. The summed E-state index contributed by atoms with van der Waals surface area (Å²) in [6, 6.07) is 5.78. The molecule has 0 spiro atoms. The molecule has 1 aromatic carbocycles. The van der Waals surface area contributed by atoms with Gasteiger partial charge in [-0.05, 0) is 64.3 Å². The number of rotatable bonds is 3. The van der Waals surface area contributed by atoms with Crippen molar-refractivity contribution in [3.63, 3.8) is 0 Å². The Bertz CT molecular complexity index is 570. The largest absolute Gasteiger partial charge is 0.486 e. The number of benzene rings is 1. The molecule has 2 N–H and O–H groups in total. The van der Waals surface area contributed by atoms with Crippen LogP contribution in [-0.2, 0) is 20.8 Å². The van der Waals surface area contributed by atoms with E-state index in [1.807, 2.05) is 18.2 Å². The maximum atomic E-state index is 12.5. The molecule has 2 atom stereocenters. The molecule has 0 aliphatic carbocycles. The Morgan fingerprint density at radius 1 is 1.36 bits per heavy atom. The summed E-state index contributed by atoms with van der Waals surface area (Å²) in [6.07, 6.45) is 0.901. The predicted octanol–water partition coefficient (Wildman–Crippen LogP) is 3.13. The van der Waals surface area contributed by atoms with Gasteiger partial charge in [-0.3, -0.25) is 4.84 Å². The van der Waals surface area contributed by atoms with Gasteiger partial charge in [-0.25, -0.2) is 10.7 Å². The molecule has 1 aliphatic rings. The number of halogens is 1. The molecule has 0 radical (unpaired) electrons. The summed E-state index contributed by atoms with van der Waals surface area (Å²) in [7, 11) is 0. The van der Waals surface area contributed by atoms with Gasteiger partial charge in [-0.2, -0.15) is 0 Å². The number of ether oxygens (including phenoxy) is 2. The van der Waals surface area contributed by atoms with Gasteiger partial charge >= 0.3 is 5.97 Å². The van der Waals surface area contributed by atoms with E-state index in [1.165, 1.54) is 0 Å². The van der Waals surface area contributed by atoms with Crippen LogP contribution in [0.5, 0.6) is 5.75 Å². The molecular formula is C16H22BrNO4. The molecule has 1 unspecified atom stereocenters. The highest BCUT2D eigenvalue weighted by Gasteiger charge is 2.48. The maximum absolute atomic E-state index is 12.5. The van der Waals surface area contributed by atoms with Crippen LogP contribution in [0.2, 0.25) is 0 Å². The van der Waals surface area contributed by atoms with E-state index in [4.69, 9.17) is 20.2 Å². The first kappa shape index (κ1) is 17.2. The second-order valence-electron chi connectivity index (χ2n) is 6.62. The predicted molar refractivity (Wildman–Crippen MR) is 86.4 cm³/mol. The number of carbonyl (C=O) groups excluding carboxylic acids is 1. The van der Waals surface area contributed by atoms with E-state index in [1.54, 1.807) is 27.7 Å². The Balaban J connectivity index is 2.22. The Hall–Kier alpha value is -1.11. The van der Waals surface area contributed by atoms with Crippen LogP contribution in [0.15, 0.2) is 22.7 Å². The highest BCUT2D eigenvalue weighted by atomic mass is 79.9. The van der Waals surface area contributed by atoms with Gasteiger partial charge in [-0.1, -0.05) is 15.9 Å². The molecule has 1 aromatic rings. The van der Waals surface area contributed by atoms with Crippen LogP contribution in [0, 0.1) is 0 Å². The van der Waals surface area contributed by atoms with Crippen molar-refractivity contribution in [2.45, 2.75) is 57.8 Å². The van der Waals surface area contributed by atoms with Crippen molar-refractivity contribution in [1.82, 2.24) is 0 Å². The summed E-state index contributed by atoms with van der Waals surface area (Å²) in [6.45, 7) is 7.01. The molecule has 1 aliphatic heterocycles. The topological polar surface area (TPSA) is 70.8 Å². The summed E-state index contributed by atoms with van der Waals surface area (Å²) >= 11 is 3.44. The molecule has 0 amide bonds. The highest BCUT2D eigenvalue weighted by molar-refractivity contribution is 9.10. The molecule has 22 heavy (non-hydrogen) atoms. The minimum atomic E-state index is -1.35. The lowest BCUT2D eigenvalue weighted by molar-refractivity contribution is -0.196. The molecular weight excluding hydrogens is 350 g/mol. The Labute approximate surface area is 139 Å². The van der Waals surface area contributed by atoms with Crippen LogP contribution < -0.4 is 10.6 Å². The second-order valence-corrected chi connectivity index (χ2v) is 7.54. The van der Waals surface area contributed by atoms with Crippen LogP contribution in [0.3, 0.4) is 0 Å². The fraction of sp³-hybridized carbons (Fsp3) is 0.562. The van der Waals surface area contributed by atoms with Crippen LogP contribution >= 0.6 is 15.9 Å². The van der Waals surface area contributed by atoms with E-state index in [0.717, 1.165) is 22.2 Å². The third-order valence-electron chi connectivity index (χ3n) is 3.63. The first-order valence-corrected chi connectivity index (χ1v) is 8.01. The van der Waals surface area contributed by atoms with E-state index >= 15 is 0 Å². The molecule has 5 nitrogen and oxygen atoms in total. The second kappa shape index (κ2) is 6.18. The van der Waals surface area contributed by atoms with Crippen LogP contribution in [0.1, 0.15) is 39.7 Å². The molecule has 0 saturated heterocycles. The summed E-state index contributed by atoms with van der Waals surface area (Å²) in [5, 5.41) is 0. The Morgan fingerprint density at radius 2 is 2.05 bits per heavy atom. The van der Waals surface area contributed by atoms with E-state index in [9.17, 15) is 4.79 Å². The third kappa shape index (κ3) is 3.62. The van der Waals surface area contributed by atoms with Crippen molar-refractivity contribution >= 4 is 21.9 Å². The summed E-state index contributed by atoms with van der Waals surface area (Å²) in [4.78, 5) is 17.5. The normalized spacial score (nSPS) is 20.5. The Kier molecular flexibility index (Phi) is 4.84. The zero-order valence-corrected chi connectivity index (χ0v) is 14.9. The molecule has 2 rings (SSSR count). The molecule has 0 bridgehead atoms. The van der Waals surface area contributed by atoms with Crippen molar-refractivity contribution in [2.24, 2.45) is 5.90 Å². The molecule has 1 heterocycles. The van der Waals surface area contributed by atoms with Gasteiger partial charge in [0, 0.05) is 4.47 Å². The van der Waals surface area contributed by atoms with Gasteiger partial charge < -0.3 is 9.47 Å². The van der Waals surface area contributed by atoms with Crippen molar-refractivity contribution in [2.75, 3.05) is 0 Å². The van der Waals surface area contributed by atoms with Gasteiger partial charge in [0.15, 0.2) is 0 Å². The Morgan fingerprint density at radius 3 is 2.64 bits per heavy atom. The molecule has 0 aromatic heterocycles. The lowest BCUT2D eigenvalue weighted by Gasteiger charge is -2.38. The standard InChI is InChI=1S/C16H22BrNO4/c1-15(2,3)21-14(19)16(4,22-18)13-8-5-10-9-11(17)6-7-12(10)20-13/h6-7,9,13H,5,8,18H2,1-4H3/t13?,16-/m0/s1. The maximum Gasteiger partial charge on any atom is 0.344 e. The van der Waals surface area contributed by atoms with Crippen molar-refractivity contribution in [3.8, 4) is 5.75 Å². The number of hydrogen-bond acceptors (Lipinski definition) is 5. The quantitative estimate of drug-likeness (QED) is 0.652. The van der Waals surface area contributed by atoms with Gasteiger partial charge in [-0.15, -0.1) is 0 Å². The minimum Gasteiger partial charge on any atom is -0.486 e. The zero-order chi connectivity index (χ0) is 16.5. The lowest BCUT2D eigenvalue weighted by Crippen LogP contribution is -2.56. The fourth-order valence-electron chi connectivity index (χ4n) is 2.38. The van der Waals surface area contributed by atoms with E-state index in [-0.39, 0.29) is 0 Å². The zero-order valence-electron chi connectivity index (χ0n) is 13.3. The highest BCUT2D eigenvalue weighted by Crippen LogP contribution is 2.35. The van der Waals surface area contributed by atoms with Crippen LogP contribution in [0.25, 0.3) is 0 Å². The summed E-state index contributed by atoms with van der Waals surface area (Å²) < 4.78 is 12.4. The monoisotopic (exact) mass is 371 g/mol. The lowest BCUT2D eigenvalue weighted by atomic mass is 9.90. The van der Waals surface area contributed by atoms with Crippen LogP contribution in [0.4, 0.5) is 0 Å². The molecule has 122 valence electrons. The number of fused-ring (bicyclic) bond motifs is 1. The number of aryl methyl sites for hydroxylation is 1. The van der Waals surface area contributed by atoms with Crippen molar-refractivity contribution in [3.05, 3.63) is 28.2 Å². The van der Waals surface area contributed by atoms with Gasteiger partial charge in [0.05, 0.1) is 0 Å². The van der Waals surface area contributed by atoms with E-state index in [2.05, 4.69) is 15.9 Å². The summed E-state index contributed by atoms with van der Waals surface area (Å²) in [5.41, 5.74) is -0.874. The number of carbonyl (C=O) groups is 1. The number of hydrogen-bond donors (Lipinski definition) is 1. The van der Waals surface area contributed by atoms with Crippen molar-refractivity contribution < 1.29 is 19.1 Å². The number of nitrogens with two attached hydrogens (primary N) is 1.